The fourth-order valence-electron chi connectivity index (χ4n) is 1.27. The van der Waals surface area contributed by atoms with Gasteiger partial charge in [0.1, 0.15) is 5.92 Å². The van der Waals surface area contributed by atoms with Gasteiger partial charge >= 0.3 is 0 Å². The van der Waals surface area contributed by atoms with Crippen molar-refractivity contribution in [3.05, 3.63) is 12.2 Å². The summed E-state index contributed by atoms with van der Waals surface area (Å²) in [5, 5.41) is 15.0. The van der Waals surface area contributed by atoms with Gasteiger partial charge in [-0.1, -0.05) is 18.5 Å². The topological polar surface area (TPSA) is 91.8 Å². The largest absolute Gasteiger partial charge is 0.355 e. The van der Waals surface area contributed by atoms with Gasteiger partial charge in [0.25, 0.3) is 0 Å². The molecule has 1 amide bonds. The number of hydrogen-bond acceptors (Lipinski definition) is 5. The Morgan fingerprint density at radius 2 is 2.56 bits per heavy atom. The molecule has 1 heterocycles. The van der Waals surface area contributed by atoms with Crippen LogP contribution in [0.4, 0.5) is 0 Å². The molecule has 6 nitrogen and oxygen atoms in total. The first-order valence-electron chi connectivity index (χ1n) is 5.20. The average Bonchev–Trinajstić information content (AvgIpc) is 2.78. The van der Waals surface area contributed by atoms with E-state index in [-0.39, 0.29) is 5.91 Å². The Balaban J connectivity index is 2.27. The summed E-state index contributed by atoms with van der Waals surface area (Å²) >= 11 is 0. The second kappa shape index (κ2) is 6.56. The van der Waals surface area contributed by atoms with E-state index in [9.17, 15) is 4.79 Å². The Labute approximate surface area is 93.6 Å². The van der Waals surface area contributed by atoms with Crippen LogP contribution in [-0.2, 0) is 11.2 Å². The van der Waals surface area contributed by atoms with E-state index in [1.54, 1.807) is 0 Å². The van der Waals surface area contributed by atoms with Crippen molar-refractivity contribution in [2.75, 3.05) is 6.54 Å². The molecule has 0 fully saturated rings. The predicted octanol–water partition coefficient (Wildman–Crippen LogP) is 0.668. The number of amides is 1. The molecule has 1 N–H and O–H groups in total. The number of nitriles is 1. The number of nitrogens with zero attached hydrogens (tertiary/aromatic N) is 3. The van der Waals surface area contributed by atoms with Crippen molar-refractivity contribution in [2.24, 2.45) is 5.92 Å². The summed E-state index contributed by atoms with van der Waals surface area (Å²) in [7, 11) is 0. The maximum Gasteiger partial charge on any atom is 0.237 e. The quantitative estimate of drug-likeness (QED) is 0.763. The zero-order valence-electron chi connectivity index (χ0n) is 9.14. The Bertz CT molecular complexity index is 355. The Morgan fingerprint density at radius 3 is 3.12 bits per heavy atom. The first-order chi connectivity index (χ1) is 7.77. The number of rotatable bonds is 6. The molecule has 1 aromatic rings. The number of aromatic nitrogens is 2. The number of carbonyl (C=O) groups excluding carboxylic acids is 1. The minimum Gasteiger partial charge on any atom is -0.355 e. The van der Waals surface area contributed by atoms with Crippen LogP contribution in [0.15, 0.2) is 10.9 Å². The van der Waals surface area contributed by atoms with Crippen LogP contribution in [0, 0.1) is 17.2 Å². The van der Waals surface area contributed by atoms with Gasteiger partial charge in [-0.3, -0.25) is 4.79 Å². The van der Waals surface area contributed by atoms with Crippen molar-refractivity contribution in [1.82, 2.24) is 15.5 Å². The fourth-order valence-corrected chi connectivity index (χ4v) is 1.27. The Kier molecular flexibility index (Phi) is 4.99. The molecule has 1 aromatic heterocycles. The molecule has 0 aromatic carbocycles. The van der Waals surface area contributed by atoms with Gasteiger partial charge in [0.2, 0.25) is 12.3 Å². The van der Waals surface area contributed by atoms with Crippen molar-refractivity contribution in [3.63, 3.8) is 0 Å². The van der Waals surface area contributed by atoms with Crippen molar-refractivity contribution in [1.29, 1.82) is 5.26 Å². The van der Waals surface area contributed by atoms with Gasteiger partial charge < -0.3 is 9.84 Å². The summed E-state index contributed by atoms with van der Waals surface area (Å²) in [6.07, 6.45) is 3.15. The van der Waals surface area contributed by atoms with E-state index in [0.717, 1.165) is 6.42 Å². The molecule has 6 heteroatoms. The zero-order valence-corrected chi connectivity index (χ0v) is 9.14. The highest BCUT2D eigenvalue weighted by molar-refractivity contribution is 5.80. The van der Waals surface area contributed by atoms with Crippen LogP contribution in [0.3, 0.4) is 0 Å². The maximum atomic E-state index is 11.5. The molecule has 0 bridgehead atoms. The summed E-state index contributed by atoms with van der Waals surface area (Å²) in [4.78, 5) is 15.3. The highest BCUT2D eigenvalue weighted by Crippen LogP contribution is 2.04. The summed E-state index contributed by atoms with van der Waals surface area (Å²) in [6, 6.07) is 1.98. The molecule has 0 spiro atoms. The van der Waals surface area contributed by atoms with Crippen LogP contribution in [0.1, 0.15) is 25.6 Å². The minimum atomic E-state index is -0.560. The number of nitrogens with one attached hydrogen (secondary N) is 1. The standard InChI is InChI=1S/C10H14N4O2/c1-2-3-8(6-11)10(15)12-5-4-9-13-7-16-14-9/h7-8H,2-5H2,1H3,(H,12,15). The van der Waals surface area contributed by atoms with Gasteiger partial charge in [0, 0.05) is 13.0 Å². The molecule has 0 saturated carbocycles. The lowest BCUT2D eigenvalue weighted by atomic mass is 10.1. The number of hydrogen-bond donors (Lipinski definition) is 1. The van der Waals surface area contributed by atoms with Crippen molar-refractivity contribution in [2.45, 2.75) is 26.2 Å². The van der Waals surface area contributed by atoms with E-state index in [0.29, 0.717) is 25.2 Å². The molecular formula is C10H14N4O2. The van der Waals surface area contributed by atoms with Gasteiger partial charge in [-0.2, -0.15) is 10.2 Å². The average molecular weight is 222 g/mol. The zero-order chi connectivity index (χ0) is 11.8. The smallest absolute Gasteiger partial charge is 0.237 e. The van der Waals surface area contributed by atoms with Gasteiger partial charge in [-0.05, 0) is 6.42 Å². The molecule has 0 aliphatic carbocycles. The van der Waals surface area contributed by atoms with Gasteiger partial charge in [-0.25, -0.2) is 0 Å². The van der Waals surface area contributed by atoms with Gasteiger partial charge in [0.05, 0.1) is 6.07 Å². The third kappa shape index (κ3) is 3.69. The van der Waals surface area contributed by atoms with E-state index in [1.807, 2.05) is 13.0 Å². The number of carbonyl (C=O) groups is 1. The van der Waals surface area contributed by atoms with Gasteiger partial charge in [0.15, 0.2) is 5.82 Å². The van der Waals surface area contributed by atoms with Crippen LogP contribution in [-0.4, -0.2) is 22.6 Å². The SMILES string of the molecule is CCCC(C#N)C(=O)NCCc1ncon1. The minimum absolute atomic E-state index is 0.229. The van der Waals surface area contributed by atoms with E-state index in [4.69, 9.17) is 5.26 Å². The lowest BCUT2D eigenvalue weighted by molar-refractivity contribution is -0.123. The maximum absolute atomic E-state index is 11.5. The summed E-state index contributed by atoms with van der Waals surface area (Å²) in [5.41, 5.74) is 0. The normalized spacial score (nSPS) is 11.8. The van der Waals surface area contributed by atoms with E-state index in [1.165, 1.54) is 6.39 Å². The van der Waals surface area contributed by atoms with Crippen LogP contribution in [0.5, 0.6) is 0 Å². The van der Waals surface area contributed by atoms with E-state index in [2.05, 4.69) is 20.0 Å². The molecule has 0 aliphatic rings. The third-order valence-electron chi connectivity index (χ3n) is 2.10. The van der Waals surface area contributed by atoms with Crippen molar-refractivity contribution >= 4 is 5.91 Å². The molecule has 1 atom stereocenters. The summed E-state index contributed by atoms with van der Waals surface area (Å²) < 4.78 is 4.55. The molecular weight excluding hydrogens is 208 g/mol. The fraction of sp³-hybridized carbons (Fsp3) is 0.600. The molecule has 1 unspecified atom stereocenters. The first-order valence-corrected chi connectivity index (χ1v) is 5.20. The summed E-state index contributed by atoms with van der Waals surface area (Å²) in [5.74, 6) is -0.243. The Morgan fingerprint density at radius 1 is 1.75 bits per heavy atom. The molecule has 16 heavy (non-hydrogen) atoms. The molecule has 86 valence electrons. The molecule has 1 rings (SSSR count). The first kappa shape index (κ1) is 12.2. The molecule has 0 radical (unpaired) electrons. The monoisotopic (exact) mass is 222 g/mol. The van der Waals surface area contributed by atoms with Crippen molar-refractivity contribution in [3.8, 4) is 6.07 Å². The lowest BCUT2D eigenvalue weighted by Gasteiger charge is -2.07. The highest BCUT2D eigenvalue weighted by atomic mass is 16.5. The molecule has 0 aliphatic heterocycles. The third-order valence-corrected chi connectivity index (χ3v) is 2.10. The van der Waals surface area contributed by atoms with Gasteiger partial charge in [-0.15, -0.1) is 0 Å². The second-order valence-corrected chi connectivity index (χ2v) is 3.36. The van der Waals surface area contributed by atoms with Crippen LogP contribution < -0.4 is 5.32 Å². The second-order valence-electron chi connectivity index (χ2n) is 3.36. The van der Waals surface area contributed by atoms with Crippen LogP contribution in [0.25, 0.3) is 0 Å². The Hall–Kier alpha value is -1.90. The van der Waals surface area contributed by atoms with E-state index < -0.39 is 5.92 Å². The van der Waals surface area contributed by atoms with Crippen LogP contribution in [0.2, 0.25) is 0 Å². The summed E-state index contributed by atoms with van der Waals surface area (Å²) in [6.45, 7) is 2.36. The van der Waals surface area contributed by atoms with Crippen molar-refractivity contribution < 1.29 is 9.32 Å². The van der Waals surface area contributed by atoms with Crippen LogP contribution >= 0.6 is 0 Å². The van der Waals surface area contributed by atoms with E-state index >= 15 is 0 Å². The highest BCUT2D eigenvalue weighted by Gasteiger charge is 2.15. The molecule has 0 saturated heterocycles. The predicted molar refractivity (Wildman–Crippen MR) is 55.0 cm³/mol. The lowest BCUT2D eigenvalue weighted by Crippen LogP contribution is -2.31.